The SMILES string of the molecule is O=C(Nc1ccc(-c2nc3ccc(NC(=O)NC4CCCCC4)cc3[nH]2)cc1)NC1CCCCC1. The van der Waals surface area contributed by atoms with Crippen LogP contribution in [0.2, 0.25) is 0 Å². The zero-order valence-corrected chi connectivity index (χ0v) is 20.0. The van der Waals surface area contributed by atoms with E-state index in [-0.39, 0.29) is 24.1 Å². The van der Waals surface area contributed by atoms with Crippen molar-refractivity contribution in [2.24, 2.45) is 0 Å². The van der Waals surface area contributed by atoms with E-state index < -0.39 is 0 Å². The normalized spacial score (nSPS) is 17.1. The molecule has 35 heavy (non-hydrogen) atoms. The second-order valence-corrected chi connectivity index (χ2v) is 9.76. The number of urea groups is 2. The van der Waals surface area contributed by atoms with Crippen LogP contribution in [-0.2, 0) is 0 Å². The number of nitrogens with one attached hydrogen (secondary N) is 5. The second kappa shape index (κ2) is 10.8. The van der Waals surface area contributed by atoms with Gasteiger partial charge in [0, 0.05) is 29.0 Å². The Balaban J connectivity index is 1.19. The lowest BCUT2D eigenvalue weighted by Crippen LogP contribution is -2.39. The summed E-state index contributed by atoms with van der Waals surface area (Å²) in [6.07, 6.45) is 11.5. The molecule has 2 aliphatic carbocycles. The van der Waals surface area contributed by atoms with Crippen molar-refractivity contribution >= 4 is 34.5 Å². The minimum Gasteiger partial charge on any atom is -0.338 e. The van der Waals surface area contributed by atoms with Crippen LogP contribution >= 0.6 is 0 Å². The maximum Gasteiger partial charge on any atom is 0.319 e. The molecular formula is C27H34N6O2. The van der Waals surface area contributed by atoms with Crippen molar-refractivity contribution in [3.8, 4) is 11.4 Å². The molecule has 0 aliphatic heterocycles. The van der Waals surface area contributed by atoms with E-state index >= 15 is 0 Å². The molecule has 0 bridgehead atoms. The summed E-state index contributed by atoms with van der Waals surface area (Å²) >= 11 is 0. The molecule has 1 aromatic heterocycles. The first-order valence-corrected chi connectivity index (χ1v) is 12.9. The highest BCUT2D eigenvalue weighted by Gasteiger charge is 2.17. The van der Waals surface area contributed by atoms with Crippen LogP contribution in [0.5, 0.6) is 0 Å². The van der Waals surface area contributed by atoms with E-state index in [1.165, 1.54) is 38.5 Å². The number of H-pyrrole nitrogens is 1. The summed E-state index contributed by atoms with van der Waals surface area (Å²) in [5, 5.41) is 12.0. The van der Waals surface area contributed by atoms with Gasteiger partial charge in [-0.3, -0.25) is 0 Å². The van der Waals surface area contributed by atoms with E-state index in [0.717, 1.165) is 59.5 Å². The molecule has 4 amide bonds. The molecule has 2 aromatic carbocycles. The molecule has 184 valence electrons. The van der Waals surface area contributed by atoms with E-state index in [2.05, 4.69) is 31.2 Å². The van der Waals surface area contributed by atoms with Crippen molar-refractivity contribution in [1.82, 2.24) is 20.6 Å². The summed E-state index contributed by atoms with van der Waals surface area (Å²) in [6, 6.07) is 13.5. The Morgan fingerprint density at radius 2 is 1.26 bits per heavy atom. The van der Waals surface area contributed by atoms with E-state index in [9.17, 15) is 9.59 Å². The first kappa shape index (κ1) is 23.2. The number of aromatic amines is 1. The van der Waals surface area contributed by atoms with Crippen molar-refractivity contribution < 1.29 is 9.59 Å². The van der Waals surface area contributed by atoms with Gasteiger partial charge in [-0.1, -0.05) is 38.5 Å². The maximum atomic E-state index is 12.4. The fraction of sp³-hybridized carbons (Fsp3) is 0.444. The van der Waals surface area contributed by atoms with Gasteiger partial charge in [0.2, 0.25) is 0 Å². The lowest BCUT2D eigenvalue weighted by Gasteiger charge is -2.22. The Labute approximate surface area is 205 Å². The highest BCUT2D eigenvalue weighted by Crippen LogP contribution is 2.25. The van der Waals surface area contributed by atoms with Crippen molar-refractivity contribution in [3.63, 3.8) is 0 Å². The van der Waals surface area contributed by atoms with Gasteiger partial charge >= 0.3 is 12.1 Å². The van der Waals surface area contributed by atoms with Gasteiger partial charge in [0.1, 0.15) is 5.82 Å². The Hall–Kier alpha value is -3.55. The molecule has 2 aliphatic rings. The smallest absolute Gasteiger partial charge is 0.319 e. The monoisotopic (exact) mass is 474 g/mol. The number of nitrogens with zero attached hydrogens (tertiary/aromatic N) is 1. The third-order valence-electron chi connectivity index (χ3n) is 7.04. The standard InChI is InChI=1S/C27H34N6O2/c34-26(28-19-7-3-1-4-8-19)30-21-13-11-18(12-14-21)25-32-23-16-15-22(17-24(23)33-25)31-27(35)29-20-9-5-2-6-10-20/h11-17,19-20H,1-10H2,(H,32,33)(H2,28,30,34)(H2,29,31,35). The number of anilines is 2. The molecule has 8 heteroatoms. The largest absolute Gasteiger partial charge is 0.338 e. The topological polar surface area (TPSA) is 111 Å². The lowest BCUT2D eigenvalue weighted by molar-refractivity contribution is 0.243. The Kier molecular flexibility index (Phi) is 7.16. The van der Waals surface area contributed by atoms with E-state index in [4.69, 9.17) is 0 Å². The minimum absolute atomic E-state index is 0.152. The lowest BCUT2D eigenvalue weighted by atomic mass is 9.96. The van der Waals surface area contributed by atoms with Crippen molar-refractivity contribution in [1.29, 1.82) is 0 Å². The number of hydrogen-bond donors (Lipinski definition) is 5. The molecule has 3 aromatic rings. The molecule has 0 spiro atoms. The molecule has 5 rings (SSSR count). The Morgan fingerprint density at radius 1 is 0.714 bits per heavy atom. The molecule has 0 radical (unpaired) electrons. The number of benzene rings is 2. The van der Waals surface area contributed by atoms with E-state index in [1.807, 2.05) is 42.5 Å². The number of aromatic nitrogens is 2. The highest BCUT2D eigenvalue weighted by molar-refractivity contribution is 5.93. The highest BCUT2D eigenvalue weighted by atomic mass is 16.2. The molecule has 8 nitrogen and oxygen atoms in total. The number of imidazole rings is 1. The van der Waals surface area contributed by atoms with Crippen LogP contribution in [0, 0.1) is 0 Å². The van der Waals surface area contributed by atoms with Crippen molar-refractivity contribution in [2.45, 2.75) is 76.3 Å². The van der Waals surface area contributed by atoms with Gasteiger partial charge in [-0.05, 0) is 68.1 Å². The first-order chi connectivity index (χ1) is 17.1. The van der Waals surface area contributed by atoms with Gasteiger partial charge in [0.15, 0.2) is 0 Å². The zero-order chi connectivity index (χ0) is 24.0. The van der Waals surface area contributed by atoms with Gasteiger partial charge in [-0.15, -0.1) is 0 Å². The minimum atomic E-state index is -0.161. The Morgan fingerprint density at radius 3 is 1.86 bits per heavy atom. The summed E-state index contributed by atoms with van der Waals surface area (Å²) in [7, 11) is 0. The van der Waals surface area contributed by atoms with Crippen LogP contribution in [-0.4, -0.2) is 34.1 Å². The fourth-order valence-corrected chi connectivity index (χ4v) is 5.13. The molecular weight excluding hydrogens is 440 g/mol. The molecule has 2 fully saturated rings. The van der Waals surface area contributed by atoms with Gasteiger partial charge in [-0.2, -0.15) is 0 Å². The van der Waals surface area contributed by atoms with E-state index in [1.54, 1.807) is 0 Å². The van der Waals surface area contributed by atoms with Gasteiger partial charge in [0.25, 0.3) is 0 Å². The van der Waals surface area contributed by atoms with Crippen molar-refractivity contribution in [3.05, 3.63) is 42.5 Å². The average molecular weight is 475 g/mol. The molecule has 1 heterocycles. The van der Waals surface area contributed by atoms with Crippen molar-refractivity contribution in [2.75, 3.05) is 10.6 Å². The number of fused-ring (bicyclic) bond motifs is 1. The van der Waals surface area contributed by atoms with Crippen LogP contribution in [0.3, 0.4) is 0 Å². The predicted molar refractivity (Wildman–Crippen MR) is 140 cm³/mol. The Bertz CT molecular complexity index is 1160. The fourth-order valence-electron chi connectivity index (χ4n) is 5.13. The van der Waals surface area contributed by atoms with Gasteiger partial charge < -0.3 is 26.3 Å². The summed E-state index contributed by atoms with van der Waals surface area (Å²) in [5.41, 5.74) is 4.07. The molecule has 0 saturated heterocycles. The van der Waals surface area contributed by atoms with Crippen LogP contribution in [0.4, 0.5) is 21.0 Å². The predicted octanol–water partition coefficient (Wildman–Crippen LogP) is 6.14. The molecule has 5 N–H and O–H groups in total. The van der Waals surface area contributed by atoms with Crippen LogP contribution in [0.1, 0.15) is 64.2 Å². The quantitative estimate of drug-likeness (QED) is 0.306. The third kappa shape index (κ3) is 6.12. The number of amides is 4. The second-order valence-electron chi connectivity index (χ2n) is 9.76. The first-order valence-electron chi connectivity index (χ1n) is 12.9. The van der Waals surface area contributed by atoms with Gasteiger partial charge in [0.05, 0.1) is 11.0 Å². The van der Waals surface area contributed by atoms with Gasteiger partial charge in [-0.25, -0.2) is 14.6 Å². The van der Waals surface area contributed by atoms with Crippen LogP contribution in [0.15, 0.2) is 42.5 Å². The summed E-state index contributed by atoms with van der Waals surface area (Å²) in [6.45, 7) is 0. The summed E-state index contributed by atoms with van der Waals surface area (Å²) in [4.78, 5) is 32.7. The molecule has 0 atom stereocenters. The number of rotatable bonds is 5. The maximum absolute atomic E-state index is 12.4. The number of carbonyl (C=O) groups is 2. The molecule has 0 unspecified atom stereocenters. The van der Waals surface area contributed by atoms with Crippen LogP contribution in [0.25, 0.3) is 22.4 Å². The summed E-state index contributed by atoms with van der Waals surface area (Å²) in [5.74, 6) is 0.738. The van der Waals surface area contributed by atoms with Crippen LogP contribution < -0.4 is 21.3 Å². The molecule has 2 saturated carbocycles. The summed E-state index contributed by atoms with van der Waals surface area (Å²) < 4.78 is 0. The number of carbonyl (C=O) groups excluding carboxylic acids is 2. The number of hydrogen-bond acceptors (Lipinski definition) is 3. The zero-order valence-electron chi connectivity index (χ0n) is 20.0. The third-order valence-corrected chi connectivity index (χ3v) is 7.04. The van der Waals surface area contributed by atoms with E-state index in [0.29, 0.717) is 0 Å². The average Bonchev–Trinajstić information content (AvgIpc) is 3.29.